The molecule has 1 atom stereocenters. The fourth-order valence-corrected chi connectivity index (χ4v) is 7.47. The monoisotopic (exact) mass is 585 g/mol. The number of aromatic nitrogens is 2. The smallest absolute Gasteiger partial charge is 0.229 e. The summed E-state index contributed by atoms with van der Waals surface area (Å²) in [5, 5.41) is 15.1. The number of rotatable bonds is 10. The molecular weight excluding hydrogens is 542 g/mol. The SMILES string of the molecule is C/C(Cl)=C\c1cnc(Nc2ccc(SC3CC4(CCN(C(C)C)CC4)C3)cc2C)nc1N(C=O)C(C)C(C)(C)O. The van der Waals surface area contributed by atoms with Crippen LogP contribution in [-0.2, 0) is 4.79 Å². The number of aryl methyl sites for hydroxylation is 1. The van der Waals surface area contributed by atoms with Crippen LogP contribution in [0.1, 0.15) is 78.4 Å². The van der Waals surface area contributed by atoms with E-state index in [0.29, 0.717) is 45.5 Å². The lowest BCUT2D eigenvalue weighted by Crippen LogP contribution is -2.49. The summed E-state index contributed by atoms with van der Waals surface area (Å²) in [7, 11) is 0. The number of carbonyl (C=O) groups excluding carboxylic acids is 1. The second-order valence-corrected chi connectivity index (χ2v) is 14.4. The van der Waals surface area contributed by atoms with Gasteiger partial charge in [0.2, 0.25) is 12.4 Å². The number of hydrogen-bond acceptors (Lipinski definition) is 7. The number of benzene rings is 1. The number of piperidine rings is 1. The van der Waals surface area contributed by atoms with E-state index in [1.807, 2.05) is 11.8 Å². The molecular formula is C31H44ClN5O2S. The summed E-state index contributed by atoms with van der Waals surface area (Å²) in [6, 6.07) is 6.59. The molecule has 1 saturated carbocycles. The molecule has 1 aliphatic heterocycles. The van der Waals surface area contributed by atoms with E-state index in [2.05, 4.69) is 59.2 Å². The topological polar surface area (TPSA) is 81.6 Å². The minimum Gasteiger partial charge on any atom is -0.388 e. The standard InChI is InChI=1S/C31H44ClN5O2S/c1-20(2)36-12-10-31(11-13-36)16-26(17-31)40-25-8-9-27(21(3)14-25)34-29-33-18-24(15-22(4)32)28(35-29)37(19-38)23(5)30(6,7)39/h8-9,14-15,18-20,23,26,39H,10-13,16-17H2,1-7H3,(H,33,34,35)/b22-15+. The number of nitrogens with one attached hydrogen (secondary N) is 1. The molecule has 1 amide bonds. The zero-order valence-electron chi connectivity index (χ0n) is 24.9. The number of allylic oxidation sites excluding steroid dienone is 1. The van der Waals surface area contributed by atoms with Crippen LogP contribution in [0.2, 0.25) is 0 Å². The number of carbonyl (C=O) groups is 1. The molecule has 0 radical (unpaired) electrons. The summed E-state index contributed by atoms with van der Waals surface area (Å²) in [4.78, 5) is 26.6. The fraction of sp³-hybridized carbons (Fsp3) is 0.581. The van der Waals surface area contributed by atoms with Crippen molar-refractivity contribution in [3.63, 3.8) is 0 Å². The van der Waals surface area contributed by atoms with E-state index in [4.69, 9.17) is 11.6 Å². The van der Waals surface area contributed by atoms with Gasteiger partial charge in [0.1, 0.15) is 5.82 Å². The van der Waals surface area contributed by atoms with Crippen molar-refractivity contribution in [1.29, 1.82) is 0 Å². The fourth-order valence-electron chi connectivity index (χ4n) is 5.71. The second kappa shape index (κ2) is 12.4. The van der Waals surface area contributed by atoms with Crippen LogP contribution >= 0.6 is 23.4 Å². The van der Waals surface area contributed by atoms with E-state index in [1.165, 1.54) is 48.6 Å². The van der Waals surface area contributed by atoms with Crippen LogP contribution in [0.4, 0.5) is 17.5 Å². The molecule has 1 saturated heterocycles. The van der Waals surface area contributed by atoms with E-state index in [1.54, 1.807) is 40.0 Å². The van der Waals surface area contributed by atoms with Gasteiger partial charge < -0.3 is 15.3 Å². The Morgan fingerprint density at radius 3 is 2.50 bits per heavy atom. The van der Waals surface area contributed by atoms with Crippen molar-refractivity contribution in [3.05, 3.63) is 40.6 Å². The molecule has 1 aromatic heterocycles. The number of halogens is 1. The first-order valence-electron chi connectivity index (χ1n) is 14.3. The summed E-state index contributed by atoms with van der Waals surface area (Å²) in [5.74, 6) is 0.747. The van der Waals surface area contributed by atoms with Gasteiger partial charge in [-0.25, -0.2) is 4.98 Å². The van der Waals surface area contributed by atoms with Crippen LogP contribution in [0.5, 0.6) is 0 Å². The number of amides is 1. The molecule has 2 aromatic rings. The molecule has 1 aliphatic carbocycles. The van der Waals surface area contributed by atoms with Crippen molar-refractivity contribution in [2.45, 2.75) is 102 Å². The van der Waals surface area contributed by atoms with E-state index < -0.39 is 11.6 Å². The lowest BCUT2D eigenvalue weighted by atomic mass is 9.63. The Morgan fingerprint density at radius 2 is 1.95 bits per heavy atom. The van der Waals surface area contributed by atoms with E-state index >= 15 is 0 Å². The third-order valence-corrected chi connectivity index (χ3v) is 9.91. The summed E-state index contributed by atoms with van der Waals surface area (Å²) in [5.41, 5.74) is 2.04. The van der Waals surface area contributed by atoms with Crippen LogP contribution in [0.3, 0.4) is 0 Å². The number of hydrogen-bond donors (Lipinski definition) is 2. The Kier molecular flexibility index (Phi) is 9.55. The zero-order chi connectivity index (χ0) is 29.2. The number of likely N-dealkylation sites (tertiary alicyclic amines) is 1. The van der Waals surface area contributed by atoms with Gasteiger partial charge in [0, 0.05) is 38.7 Å². The summed E-state index contributed by atoms with van der Waals surface area (Å²) >= 11 is 8.14. The minimum atomic E-state index is -1.13. The molecule has 1 spiro atoms. The average molecular weight is 586 g/mol. The Hall–Kier alpha value is -2.13. The quantitative estimate of drug-likeness (QED) is 0.291. The highest BCUT2D eigenvalue weighted by molar-refractivity contribution is 8.00. The Bertz CT molecular complexity index is 1220. The van der Waals surface area contributed by atoms with Crippen LogP contribution in [0.25, 0.3) is 6.08 Å². The van der Waals surface area contributed by atoms with Crippen molar-refractivity contribution < 1.29 is 9.90 Å². The number of thioether (sulfide) groups is 1. The first-order chi connectivity index (χ1) is 18.8. The Morgan fingerprint density at radius 1 is 1.27 bits per heavy atom. The lowest BCUT2D eigenvalue weighted by molar-refractivity contribution is -0.109. The van der Waals surface area contributed by atoms with Crippen LogP contribution < -0.4 is 10.2 Å². The molecule has 2 N–H and O–H groups in total. The van der Waals surface area contributed by atoms with Crippen LogP contribution in [-0.4, -0.2) is 62.4 Å². The molecule has 9 heteroatoms. The van der Waals surface area contributed by atoms with Gasteiger partial charge >= 0.3 is 0 Å². The normalized spacial score (nSPS) is 19.0. The zero-order valence-corrected chi connectivity index (χ0v) is 26.4. The van der Waals surface area contributed by atoms with Gasteiger partial charge in [0.15, 0.2) is 0 Å². The lowest BCUT2D eigenvalue weighted by Gasteiger charge is -2.52. The third-order valence-electron chi connectivity index (χ3n) is 8.61. The van der Waals surface area contributed by atoms with Gasteiger partial charge in [-0.05, 0) is 122 Å². The van der Waals surface area contributed by atoms with Crippen molar-refractivity contribution in [2.24, 2.45) is 5.41 Å². The van der Waals surface area contributed by atoms with Crippen molar-refractivity contribution >= 4 is 53.3 Å². The third kappa shape index (κ3) is 7.19. The van der Waals surface area contributed by atoms with Gasteiger partial charge in [-0.3, -0.25) is 9.69 Å². The highest BCUT2D eigenvalue weighted by Gasteiger charge is 2.46. The second-order valence-electron chi connectivity index (χ2n) is 12.4. The van der Waals surface area contributed by atoms with E-state index in [-0.39, 0.29) is 0 Å². The average Bonchev–Trinajstić information content (AvgIpc) is 2.86. The molecule has 4 rings (SSSR count). The minimum absolute atomic E-state index is 0.367. The number of anilines is 3. The first kappa shape index (κ1) is 30.8. The molecule has 40 heavy (non-hydrogen) atoms. The number of aliphatic hydroxyl groups is 1. The summed E-state index contributed by atoms with van der Waals surface area (Å²) in [6.07, 6.45) is 9.34. The predicted octanol–water partition coefficient (Wildman–Crippen LogP) is 7.00. The Balaban J connectivity index is 1.45. The highest BCUT2D eigenvalue weighted by Crippen LogP contribution is 2.55. The molecule has 1 unspecified atom stereocenters. The molecule has 218 valence electrons. The molecule has 2 aliphatic rings. The first-order valence-corrected chi connectivity index (χ1v) is 15.5. The number of nitrogens with zero attached hydrogens (tertiary/aromatic N) is 4. The van der Waals surface area contributed by atoms with Crippen LogP contribution in [0.15, 0.2) is 34.3 Å². The van der Waals surface area contributed by atoms with Gasteiger partial charge in [-0.2, -0.15) is 4.98 Å². The van der Waals surface area contributed by atoms with Crippen molar-refractivity contribution in [2.75, 3.05) is 23.3 Å². The molecule has 2 heterocycles. The molecule has 1 aromatic carbocycles. The predicted molar refractivity (Wildman–Crippen MR) is 168 cm³/mol. The van der Waals surface area contributed by atoms with Crippen molar-refractivity contribution in [1.82, 2.24) is 14.9 Å². The largest absolute Gasteiger partial charge is 0.388 e. The molecule has 0 bridgehead atoms. The van der Waals surface area contributed by atoms with E-state index in [0.717, 1.165) is 11.3 Å². The molecule has 7 nitrogen and oxygen atoms in total. The van der Waals surface area contributed by atoms with Gasteiger partial charge in [-0.1, -0.05) is 11.6 Å². The maximum absolute atomic E-state index is 12.1. The summed E-state index contributed by atoms with van der Waals surface area (Å²) < 4.78 is 0. The molecule has 2 fully saturated rings. The Labute approximate surface area is 248 Å². The maximum Gasteiger partial charge on any atom is 0.229 e. The highest BCUT2D eigenvalue weighted by atomic mass is 35.5. The van der Waals surface area contributed by atoms with Gasteiger partial charge in [-0.15, -0.1) is 11.8 Å². The van der Waals surface area contributed by atoms with Gasteiger partial charge in [0.05, 0.1) is 11.6 Å². The van der Waals surface area contributed by atoms with E-state index in [9.17, 15) is 9.90 Å². The van der Waals surface area contributed by atoms with Gasteiger partial charge in [0.25, 0.3) is 0 Å². The van der Waals surface area contributed by atoms with Crippen LogP contribution in [0, 0.1) is 12.3 Å². The maximum atomic E-state index is 12.1. The summed E-state index contributed by atoms with van der Waals surface area (Å²) in [6.45, 7) is 16.0. The van der Waals surface area contributed by atoms with Crippen molar-refractivity contribution in [3.8, 4) is 0 Å².